The Morgan fingerprint density at radius 3 is 3.15 bits per heavy atom. The van der Waals surface area contributed by atoms with Crippen molar-refractivity contribution in [2.75, 3.05) is 0 Å². The van der Waals surface area contributed by atoms with Crippen LogP contribution >= 0.6 is 0 Å². The Hall–Kier alpha value is -1.57. The van der Waals surface area contributed by atoms with Gasteiger partial charge in [0.05, 0.1) is 12.0 Å². The standard InChI is InChI=1S/C11H11N2/c1-2-9-5-3-4-6-10(9)11-7-12-8-13-11/h3-4,6-8H,2H2,1H3,(H,12,13). The Morgan fingerprint density at radius 1 is 1.54 bits per heavy atom. The van der Waals surface area contributed by atoms with Crippen LogP contribution in [-0.2, 0) is 6.42 Å². The van der Waals surface area contributed by atoms with Crippen molar-refractivity contribution >= 4 is 0 Å². The maximum absolute atomic E-state index is 4.22. The molecule has 0 spiro atoms. The number of aryl methyl sites for hydroxylation is 1. The number of benzene rings is 1. The van der Waals surface area contributed by atoms with Gasteiger partial charge in [0.25, 0.3) is 0 Å². The molecule has 1 aromatic carbocycles. The highest BCUT2D eigenvalue weighted by Gasteiger charge is 2.03. The summed E-state index contributed by atoms with van der Waals surface area (Å²) in [6.07, 6.45) is 4.59. The molecule has 0 atom stereocenters. The van der Waals surface area contributed by atoms with Crippen LogP contribution in [0.5, 0.6) is 0 Å². The van der Waals surface area contributed by atoms with Gasteiger partial charge in [0, 0.05) is 11.8 Å². The zero-order chi connectivity index (χ0) is 9.10. The number of imidazole rings is 1. The minimum Gasteiger partial charge on any atom is -0.351 e. The number of aromatic nitrogens is 2. The van der Waals surface area contributed by atoms with Gasteiger partial charge in [-0.25, -0.2) is 4.98 Å². The van der Waals surface area contributed by atoms with Gasteiger partial charge in [-0.2, -0.15) is 0 Å². The van der Waals surface area contributed by atoms with Gasteiger partial charge in [-0.3, -0.25) is 0 Å². The molecule has 0 aliphatic heterocycles. The van der Waals surface area contributed by atoms with E-state index < -0.39 is 0 Å². The molecule has 0 amide bonds. The molecule has 1 heterocycles. The summed E-state index contributed by atoms with van der Waals surface area (Å²) in [5.74, 6) is 0. The second-order valence-corrected chi connectivity index (χ2v) is 2.87. The Balaban J connectivity index is 2.51. The molecule has 65 valence electrons. The molecule has 0 saturated carbocycles. The van der Waals surface area contributed by atoms with Crippen molar-refractivity contribution < 1.29 is 0 Å². The Kier molecular flexibility index (Phi) is 2.13. The van der Waals surface area contributed by atoms with Crippen LogP contribution in [0.3, 0.4) is 0 Å². The third kappa shape index (κ3) is 1.47. The first-order valence-corrected chi connectivity index (χ1v) is 4.40. The largest absolute Gasteiger partial charge is 0.351 e. The van der Waals surface area contributed by atoms with Crippen molar-refractivity contribution in [1.29, 1.82) is 0 Å². The average Bonchev–Trinajstić information content (AvgIpc) is 2.70. The lowest BCUT2D eigenvalue weighted by atomic mass is 10.0. The fourth-order valence-electron chi connectivity index (χ4n) is 1.41. The van der Waals surface area contributed by atoms with Crippen LogP contribution in [0, 0.1) is 6.07 Å². The van der Waals surface area contributed by atoms with E-state index in [9.17, 15) is 0 Å². The molecule has 1 N–H and O–H groups in total. The van der Waals surface area contributed by atoms with E-state index in [-0.39, 0.29) is 0 Å². The zero-order valence-corrected chi connectivity index (χ0v) is 7.54. The smallest absolute Gasteiger partial charge is 0.0927 e. The van der Waals surface area contributed by atoms with Gasteiger partial charge < -0.3 is 4.98 Å². The molecule has 0 unspecified atom stereocenters. The van der Waals surface area contributed by atoms with Crippen LogP contribution in [0.4, 0.5) is 0 Å². The van der Waals surface area contributed by atoms with Crippen LogP contribution in [0.2, 0.25) is 0 Å². The van der Waals surface area contributed by atoms with E-state index in [1.54, 1.807) is 6.33 Å². The highest BCUT2D eigenvalue weighted by atomic mass is 14.9. The highest BCUT2D eigenvalue weighted by Crippen LogP contribution is 2.20. The van der Waals surface area contributed by atoms with Crippen LogP contribution < -0.4 is 0 Å². The molecule has 0 aliphatic rings. The number of H-pyrrole nitrogens is 1. The number of rotatable bonds is 2. The molecule has 0 bridgehead atoms. The van der Waals surface area contributed by atoms with E-state index in [1.807, 2.05) is 18.3 Å². The van der Waals surface area contributed by atoms with Crippen molar-refractivity contribution in [2.45, 2.75) is 13.3 Å². The molecule has 2 aromatic rings. The number of aromatic amines is 1. The van der Waals surface area contributed by atoms with Gasteiger partial charge in [-0.15, -0.1) is 0 Å². The third-order valence-corrected chi connectivity index (χ3v) is 2.07. The maximum atomic E-state index is 4.22. The second kappa shape index (κ2) is 3.44. The van der Waals surface area contributed by atoms with E-state index in [0.29, 0.717) is 0 Å². The van der Waals surface area contributed by atoms with Gasteiger partial charge >= 0.3 is 0 Å². The van der Waals surface area contributed by atoms with Gasteiger partial charge in [0.2, 0.25) is 0 Å². The lowest BCUT2D eigenvalue weighted by molar-refractivity contribution is 1.13. The summed E-state index contributed by atoms with van der Waals surface area (Å²) in [5, 5.41) is 0. The minimum absolute atomic E-state index is 0.989. The summed E-state index contributed by atoms with van der Waals surface area (Å²) in [6, 6.07) is 9.22. The Morgan fingerprint density at radius 2 is 2.46 bits per heavy atom. The average molecular weight is 171 g/mol. The summed E-state index contributed by atoms with van der Waals surface area (Å²) in [6.45, 7) is 2.13. The lowest BCUT2D eigenvalue weighted by Gasteiger charge is -2.02. The maximum Gasteiger partial charge on any atom is 0.0927 e. The van der Waals surface area contributed by atoms with E-state index in [4.69, 9.17) is 0 Å². The van der Waals surface area contributed by atoms with Gasteiger partial charge in [0.15, 0.2) is 0 Å². The van der Waals surface area contributed by atoms with E-state index in [0.717, 1.165) is 12.1 Å². The monoisotopic (exact) mass is 171 g/mol. The van der Waals surface area contributed by atoms with Crippen molar-refractivity contribution in [3.05, 3.63) is 42.4 Å². The molecular formula is C11H11N2. The zero-order valence-electron chi connectivity index (χ0n) is 7.54. The lowest BCUT2D eigenvalue weighted by Crippen LogP contribution is -1.86. The van der Waals surface area contributed by atoms with Gasteiger partial charge in [0.1, 0.15) is 0 Å². The number of nitrogens with zero attached hydrogens (tertiary/aromatic N) is 1. The van der Waals surface area contributed by atoms with Crippen molar-refractivity contribution in [2.24, 2.45) is 0 Å². The summed E-state index contributed by atoms with van der Waals surface area (Å²) >= 11 is 0. The van der Waals surface area contributed by atoms with E-state index in [1.165, 1.54) is 11.1 Å². The SMILES string of the molecule is CCc1[c]cccc1-c1c[nH]cn1. The van der Waals surface area contributed by atoms with E-state index in [2.05, 4.69) is 29.0 Å². The summed E-state index contributed by atoms with van der Waals surface area (Å²) < 4.78 is 0. The Bertz CT molecular complexity index is 377. The summed E-state index contributed by atoms with van der Waals surface area (Å²) in [5.41, 5.74) is 3.38. The Labute approximate surface area is 77.6 Å². The minimum atomic E-state index is 0.989. The van der Waals surface area contributed by atoms with Crippen molar-refractivity contribution in [3.63, 3.8) is 0 Å². The predicted octanol–water partition coefficient (Wildman–Crippen LogP) is 2.44. The molecular weight excluding hydrogens is 160 g/mol. The van der Waals surface area contributed by atoms with Crippen molar-refractivity contribution in [3.8, 4) is 11.3 Å². The molecule has 1 radical (unpaired) electrons. The van der Waals surface area contributed by atoms with Crippen LogP contribution in [0.1, 0.15) is 12.5 Å². The number of hydrogen-bond donors (Lipinski definition) is 1. The van der Waals surface area contributed by atoms with Gasteiger partial charge in [-0.1, -0.05) is 25.1 Å². The molecule has 2 nitrogen and oxygen atoms in total. The normalized spacial score (nSPS) is 10.2. The molecule has 2 rings (SSSR count). The topological polar surface area (TPSA) is 28.7 Å². The number of nitrogens with one attached hydrogen (secondary N) is 1. The summed E-state index contributed by atoms with van der Waals surface area (Å²) in [4.78, 5) is 7.17. The molecule has 13 heavy (non-hydrogen) atoms. The molecule has 0 fully saturated rings. The third-order valence-electron chi connectivity index (χ3n) is 2.07. The fraction of sp³-hybridized carbons (Fsp3) is 0.182. The van der Waals surface area contributed by atoms with E-state index >= 15 is 0 Å². The quantitative estimate of drug-likeness (QED) is 0.738. The predicted molar refractivity (Wildman–Crippen MR) is 52.2 cm³/mol. The summed E-state index contributed by atoms with van der Waals surface area (Å²) in [7, 11) is 0. The van der Waals surface area contributed by atoms with Crippen LogP contribution in [0.25, 0.3) is 11.3 Å². The second-order valence-electron chi connectivity index (χ2n) is 2.87. The first kappa shape index (κ1) is 8.05. The molecule has 1 aromatic heterocycles. The highest BCUT2D eigenvalue weighted by molar-refractivity contribution is 5.62. The molecule has 0 saturated heterocycles. The fourth-order valence-corrected chi connectivity index (χ4v) is 1.41. The first-order valence-electron chi connectivity index (χ1n) is 4.40. The van der Waals surface area contributed by atoms with Crippen molar-refractivity contribution in [1.82, 2.24) is 9.97 Å². The molecule has 0 aliphatic carbocycles. The first-order chi connectivity index (χ1) is 6.42. The van der Waals surface area contributed by atoms with Gasteiger partial charge in [-0.05, 0) is 18.1 Å². The van der Waals surface area contributed by atoms with Crippen LogP contribution in [-0.4, -0.2) is 9.97 Å². The molecule has 2 heteroatoms. The van der Waals surface area contributed by atoms with Crippen LogP contribution in [0.15, 0.2) is 30.7 Å². The number of hydrogen-bond acceptors (Lipinski definition) is 1.